The molecule has 0 N–H and O–H groups in total. The van der Waals surface area contributed by atoms with Crippen LogP contribution in [-0.2, 0) is 0 Å². The van der Waals surface area contributed by atoms with Crippen LogP contribution < -0.4 is 0 Å². The summed E-state index contributed by atoms with van der Waals surface area (Å²) in [6, 6.07) is 74.5. The van der Waals surface area contributed by atoms with Gasteiger partial charge in [-0.25, -0.2) is 15.0 Å². The van der Waals surface area contributed by atoms with Gasteiger partial charge < -0.3 is 0 Å². The lowest BCUT2D eigenvalue weighted by Gasteiger charge is -2.15. The monoisotopic (exact) mass is 713 g/mol. The van der Waals surface area contributed by atoms with E-state index in [2.05, 4.69) is 170 Å². The second-order valence-corrected chi connectivity index (χ2v) is 14.0. The predicted molar refractivity (Wildman–Crippen MR) is 233 cm³/mol. The van der Waals surface area contributed by atoms with Gasteiger partial charge in [-0.15, -0.1) is 0 Å². The first-order valence-electron chi connectivity index (χ1n) is 18.9. The maximum atomic E-state index is 5.20. The van der Waals surface area contributed by atoms with E-state index in [0.29, 0.717) is 5.82 Å². The molecule has 0 unspecified atom stereocenters. The van der Waals surface area contributed by atoms with Crippen molar-refractivity contribution in [3.63, 3.8) is 0 Å². The van der Waals surface area contributed by atoms with Gasteiger partial charge in [-0.3, -0.25) is 0 Å². The molecule has 3 heteroatoms. The average molecular weight is 714 g/mol. The normalized spacial score (nSPS) is 11.2. The maximum Gasteiger partial charge on any atom is 0.160 e. The van der Waals surface area contributed by atoms with Crippen molar-refractivity contribution in [2.45, 2.75) is 0 Å². The summed E-state index contributed by atoms with van der Waals surface area (Å²) in [6.45, 7) is 0. The van der Waals surface area contributed by atoms with Crippen molar-refractivity contribution in [2.75, 3.05) is 0 Å². The van der Waals surface area contributed by atoms with E-state index in [1.807, 2.05) is 42.5 Å². The molecular weight excluding hydrogens is 679 g/mol. The molecule has 2 aromatic heterocycles. The Bertz CT molecular complexity index is 2920. The summed E-state index contributed by atoms with van der Waals surface area (Å²) < 4.78 is 0. The summed E-state index contributed by atoms with van der Waals surface area (Å²) in [5.41, 5.74) is 14.9. The first-order valence-corrected chi connectivity index (χ1v) is 18.9. The molecule has 0 radical (unpaired) electrons. The number of aromatic nitrogens is 3. The fraction of sp³-hybridized carbons (Fsp3) is 0. The maximum absolute atomic E-state index is 5.20. The molecule has 0 aliphatic rings. The molecule has 0 atom stereocenters. The molecule has 262 valence electrons. The van der Waals surface area contributed by atoms with Gasteiger partial charge in [0.15, 0.2) is 5.82 Å². The molecule has 0 bridgehead atoms. The zero-order valence-electron chi connectivity index (χ0n) is 30.5. The van der Waals surface area contributed by atoms with Crippen LogP contribution in [0.4, 0.5) is 0 Å². The molecule has 0 aliphatic heterocycles. The van der Waals surface area contributed by atoms with Crippen molar-refractivity contribution < 1.29 is 0 Å². The number of hydrogen-bond acceptors (Lipinski definition) is 3. The van der Waals surface area contributed by atoms with Gasteiger partial charge >= 0.3 is 0 Å². The van der Waals surface area contributed by atoms with Crippen LogP contribution in [-0.4, -0.2) is 15.0 Å². The summed E-state index contributed by atoms with van der Waals surface area (Å²) in [7, 11) is 0. The van der Waals surface area contributed by atoms with Crippen LogP contribution in [0.5, 0.6) is 0 Å². The topological polar surface area (TPSA) is 38.7 Å². The first-order chi connectivity index (χ1) is 27.7. The average Bonchev–Trinajstić information content (AvgIpc) is 3.29. The fourth-order valence-electron chi connectivity index (χ4n) is 7.72. The van der Waals surface area contributed by atoms with Crippen molar-refractivity contribution >= 4 is 21.7 Å². The SMILES string of the molecule is c1ccc(-c2cc(-c3ccccc3)nc(-c3ccc(-c4cccc(-c5cccc6c5ccc5nc(-c7ccccc7)cc(-c7ccccc7)c56)c4)cc3)n2)cc1. The second-order valence-electron chi connectivity index (χ2n) is 14.0. The van der Waals surface area contributed by atoms with Gasteiger partial charge in [-0.2, -0.15) is 0 Å². The van der Waals surface area contributed by atoms with Crippen LogP contribution in [0, 0.1) is 0 Å². The third kappa shape index (κ3) is 6.31. The lowest BCUT2D eigenvalue weighted by molar-refractivity contribution is 1.18. The highest BCUT2D eigenvalue weighted by Crippen LogP contribution is 2.40. The minimum Gasteiger partial charge on any atom is -0.248 e. The molecule has 8 aromatic carbocycles. The molecule has 0 saturated heterocycles. The molecule has 3 nitrogen and oxygen atoms in total. The van der Waals surface area contributed by atoms with Crippen LogP contribution in [0.1, 0.15) is 0 Å². The zero-order chi connectivity index (χ0) is 37.3. The Morgan fingerprint density at radius 3 is 1.36 bits per heavy atom. The van der Waals surface area contributed by atoms with Crippen LogP contribution in [0.2, 0.25) is 0 Å². The van der Waals surface area contributed by atoms with Crippen molar-refractivity contribution in [1.82, 2.24) is 15.0 Å². The number of nitrogens with zero attached hydrogens (tertiary/aromatic N) is 3. The fourth-order valence-corrected chi connectivity index (χ4v) is 7.72. The Balaban J connectivity index is 1.04. The molecule has 0 amide bonds. The third-order valence-corrected chi connectivity index (χ3v) is 10.5. The third-order valence-electron chi connectivity index (χ3n) is 10.5. The van der Waals surface area contributed by atoms with Crippen molar-refractivity contribution in [3.05, 3.63) is 212 Å². The minimum atomic E-state index is 0.703. The van der Waals surface area contributed by atoms with E-state index in [-0.39, 0.29) is 0 Å². The number of rotatable bonds is 7. The van der Waals surface area contributed by atoms with E-state index in [4.69, 9.17) is 15.0 Å². The molecule has 10 rings (SSSR count). The van der Waals surface area contributed by atoms with E-state index < -0.39 is 0 Å². The number of pyridine rings is 1. The highest BCUT2D eigenvalue weighted by molar-refractivity contribution is 6.17. The summed E-state index contributed by atoms with van der Waals surface area (Å²) in [5, 5.41) is 3.55. The minimum absolute atomic E-state index is 0.703. The van der Waals surface area contributed by atoms with E-state index in [1.54, 1.807) is 0 Å². The number of fused-ring (bicyclic) bond motifs is 3. The molecule has 0 fully saturated rings. The van der Waals surface area contributed by atoms with Gasteiger partial charge in [0.25, 0.3) is 0 Å². The summed E-state index contributed by atoms with van der Waals surface area (Å²) in [5.74, 6) is 0.703. The zero-order valence-corrected chi connectivity index (χ0v) is 30.5. The molecule has 0 spiro atoms. The summed E-state index contributed by atoms with van der Waals surface area (Å²) in [6.07, 6.45) is 0. The van der Waals surface area contributed by atoms with Crippen LogP contribution in [0.25, 0.3) is 100 Å². The Hall–Kier alpha value is -7.49. The quantitative estimate of drug-likeness (QED) is 0.154. The molecule has 56 heavy (non-hydrogen) atoms. The molecule has 0 aliphatic carbocycles. The lowest BCUT2D eigenvalue weighted by atomic mass is 9.90. The standard InChI is InChI=1S/C53H35N3/c1-5-15-37(16-6-1)47-34-49(38-17-7-2-8-18-38)54-48-32-31-45-44(25-14-26-46(45)52(47)48)43-24-13-23-42(33-43)36-27-29-41(30-28-36)53-55-50(39-19-9-3-10-20-39)35-51(56-53)40-21-11-4-12-22-40/h1-35H. The van der Waals surface area contributed by atoms with Gasteiger partial charge in [0.1, 0.15) is 0 Å². The smallest absolute Gasteiger partial charge is 0.160 e. The van der Waals surface area contributed by atoms with Crippen LogP contribution in [0.3, 0.4) is 0 Å². The Kier molecular flexibility index (Phi) is 8.51. The van der Waals surface area contributed by atoms with Crippen molar-refractivity contribution in [3.8, 4) is 78.5 Å². The molecular formula is C53H35N3. The second kappa shape index (κ2) is 14.4. The Labute approximate surface area is 326 Å². The highest BCUT2D eigenvalue weighted by atomic mass is 14.9. The number of hydrogen-bond donors (Lipinski definition) is 0. The van der Waals surface area contributed by atoms with E-state index >= 15 is 0 Å². The van der Waals surface area contributed by atoms with Crippen molar-refractivity contribution in [1.29, 1.82) is 0 Å². The van der Waals surface area contributed by atoms with Crippen LogP contribution in [0.15, 0.2) is 212 Å². The van der Waals surface area contributed by atoms with Crippen LogP contribution >= 0.6 is 0 Å². The lowest BCUT2D eigenvalue weighted by Crippen LogP contribution is -1.96. The molecule has 2 heterocycles. The van der Waals surface area contributed by atoms with E-state index in [1.165, 1.54) is 27.5 Å². The highest BCUT2D eigenvalue weighted by Gasteiger charge is 2.16. The van der Waals surface area contributed by atoms with Gasteiger partial charge in [0.05, 0.1) is 22.6 Å². The van der Waals surface area contributed by atoms with Gasteiger partial charge in [0, 0.05) is 27.6 Å². The Morgan fingerprint density at radius 2 is 0.750 bits per heavy atom. The van der Waals surface area contributed by atoms with Gasteiger partial charge in [0.2, 0.25) is 0 Å². The largest absolute Gasteiger partial charge is 0.248 e. The van der Waals surface area contributed by atoms with E-state index in [0.717, 1.165) is 66.9 Å². The molecule has 10 aromatic rings. The Morgan fingerprint density at radius 1 is 0.250 bits per heavy atom. The molecule has 0 saturated carbocycles. The van der Waals surface area contributed by atoms with Gasteiger partial charge in [-0.05, 0) is 68.4 Å². The first kappa shape index (κ1) is 33.1. The van der Waals surface area contributed by atoms with Crippen molar-refractivity contribution in [2.24, 2.45) is 0 Å². The summed E-state index contributed by atoms with van der Waals surface area (Å²) >= 11 is 0. The summed E-state index contributed by atoms with van der Waals surface area (Å²) in [4.78, 5) is 15.3. The van der Waals surface area contributed by atoms with Gasteiger partial charge in [-0.1, -0.05) is 188 Å². The van der Waals surface area contributed by atoms with E-state index in [9.17, 15) is 0 Å². The predicted octanol–water partition coefficient (Wildman–Crippen LogP) is 13.8. The number of benzene rings is 8.